The van der Waals surface area contributed by atoms with Crippen molar-refractivity contribution in [2.45, 2.75) is 18.9 Å². The molecule has 4 aromatic rings. The van der Waals surface area contributed by atoms with Gasteiger partial charge in [0.1, 0.15) is 6.33 Å². The number of hydrogen-bond donors (Lipinski definition) is 1. The number of benzene rings is 1. The number of aromatic nitrogens is 5. The number of anilines is 1. The second-order valence-electron chi connectivity index (χ2n) is 7.27. The zero-order valence-electron chi connectivity index (χ0n) is 15.6. The summed E-state index contributed by atoms with van der Waals surface area (Å²) in [7, 11) is 2.01. The molecule has 5 rings (SSSR count). The van der Waals surface area contributed by atoms with Gasteiger partial charge in [0.25, 0.3) is 0 Å². The lowest BCUT2D eigenvalue weighted by Gasteiger charge is -2.18. The van der Waals surface area contributed by atoms with Crippen LogP contribution < -0.4 is 10.2 Å². The fourth-order valence-electron chi connectivity index (χ4n) is 4.06. The van der Waals surface area contributed by atoms with Crippen molar-refractivity contribution in [2.24, 2.45) is 7.05 Å². The van der Waals surface area contributed by atoms with E-state index in [-0.39, 0.29) is 11.9 Å². The van der Waals surface area contributed by atoms with Gasteiger partial charge in [-0.15, -0.1) is 10.2 Å². The number of nitrogens with zero attached hydrogens (tertiary/aromatic N) is 6. The van der Waals surface area contributed by atoms with Crippen LogP contribution in [0.15, 0.2) is 49.2 Å². The average Bonchev–Trinajstić information content (AvgIpc) is 3.42. The molecule has 1 N–H and O–H groups in total. The highest BCUT2D eigenvalue weighted by atomic mass is 16.1. The lowest BCUT2D eigenvalue weighted by Crippen LogP contribution is -2.38. The largest absolute Gasteiger partial charge is 0.351 e. The van der Waals surface area contributed by atoms with E-state index in [2.05, 4.69) is 42.1 Å². The normalized spacial score (nSPS) is 16.9. The number of carbonyl (C=O) groups is 1. The molecule has 1 aromatic carbocycles. The van der Waals surface area contributed by atoms with Crippen molar-refractivity contribution in [3.8, 4) is 0 Å². The second-order valence-corrected chi connectivity index (χ2v) is 7.27. The third-order valence-electron chi connectivity index (χ3n) is 5.38. The number of rotatable bonds is 4. The van der Waals surface area contributed by atoms with Crippen molar-refractivity contribution in [1.29, 1.82) is 0 Å². The minimum atomic E-state index is 0.0526. The van der Waals surface area contributed by atoms with Crippen LogP contribution in [0.2, 0.25) is 0 Å². The minimum Gasteiger partial charge on any atom is -0.351 e. The molecule has 142 valence electrons. The molecule has 0 radical (unpaired) electrons. The number of amides is 1. The van der Waals surface area contributed by atoms with Gasteiger partial charge in [-0.2, -0.15) is 0 Å². The fraction of sp³-hybridized carbons (Fsp3) is 0.300. The number of fused-ring (bicyclic) bond motifs is 2. The Kier molecular flexibility index (Phi) is 3.96. The molecule has 4 heterocycles. The van der Waals surface area contributed by atoms with Gasteiger partial charge >= 0.3 is 0 Å². The molecule has 8 nitrogen and oxygen atoms in total. The van der Waals surface area contributed by atoms with Crippen LogP contribution in [0.25, 0.3) is 16.6 Å². The first kappa shape index (κ1) is 16.7. The van der Waals surface area contributed by atoms with Gasteiger partial charge in [-0.25, -0.2) is 4.98 Å². The second kappa shape index (κ2) is 6.63. The van der Waals surface area contributed by atoms with E-state index in [0.29, 0.717) is 6.42 Å². The van der Waals surface area contributed by atoms with E-state index >= 15 is 0 Å². The van der Waals surface area contributed by atoms with Gasteiger partial charge in [0, 0.05) is 55.7 Å². The number of nitrogens with one attached hydrogen (secondary N) is 1. The number of para-hydroxylation sites is 1. The molecule has 1 saturated heterocycles. The van der Waals surface area contributed by atoms with Gasteiger partial charge in [-0.1, -0.05) is 18.2 Å². The van der Waals surface area contributed by atoms with Crippen LogP contribution in [-0.2, 0) is 18.3 Å². The highest BCUT2D eigenvalue weighted by molar-refractivity contribution is 5.89. The SMILES string of the molecule is Cn1cc(CC(=O)NC2CCN(c3nccn4cnnc34)C2)c2ccccc21. The smallest absolute Gasteiger partial charge is 0.224 e. The van der Waals surface area contributed by atoms with Crippen molar-refractivity contribution in [3.05, 3.63) is 54.7 Å². The molecule has 1 amide bonds. The first-order valence-corrected chi connectivity index (χ1v) is 9.40. The van der Waals surface area contributed by atoms with Gasteiger partial charge in [0.05, 0.1) is 6.42 Å². The van der Waals surface area contributed by atoms with E-state index in [0.717, 1.165) is 47.4 Å². The molecule has 1 aliphatic heterocycles. The number of hydrogen-bond acceptors (Lipinski definition) is 5. The maximum atomic E-state index is 12.7. The van der Waals surface area contributed by atoms with Crippen LogP contribution in [0.1, 0.15) is 12.0 Å². The van der Waals surface area contributed by atoms with Crippen LogP contribution in [-0.4, -0.2) is 49.2 Å². The van der Waals surface area contributed by atoms with E-state index in [1.165, 1.54) is 0 Å². The number of aryl methyl sites for hydroxylation is 1. The van der Waals surface area contributed by atoms with Gasteiger partial charge in [0.15, 0.2) is 5.82 Å². The molecule has 28 heavy (non-hydrogen) atoms. The van der Waals surface area contributed by atoms with Crippen molar-refractivity contribution < 1.29 is 4.79 Å². The molecule has 1 aliphatic rings. The molecule has 8 heteroatoms. The Morgan fingerprint density at radius 3 is 3.14 bits per heavy atom. The molecule has 0 spiro atoms. The summed E-state index contributed by atoms with van der Waals surface area (Å²) in [6.45, 7) is 1.56. The van der Waals surface area contributed by atoms with Crippen LogP contribution in [0.4, 0.5) is 5.82 Å². The predicted molar refractivity (Wildman–Crippen MR) is 106 cm³/mol. The first-order valence-electron chi connectivity index (χ1n) is 9.40. The fourth-order valence-corrected chi connectivity index (χ4v) is 4.06. The van der Waals surface area contributed by atoms with Crippen molar-refractivity contribution >= 4 is 28.3 Å². The van der Waals surface area contributed by atoms with E-state index in [1.54, 1.807) is 12.5 Å². The van der Waals surface area contributed by atoms with Crippen molar-refractivity contribution in [1.82, 2.24) is 29.5 Å². The highest BCUT2D eigenvalue weighted by Gasteiger charge is 2.27. The Balaban J connectivity index is 1.27. The van der Waals surface area contributed by atoms with E-state index in [4.69, 9.17) is 0 Å². The Hall–Kier alpha value is -3.42. The Morgan fingerprint density at radius 2 is 2.21 bits per heavy atom. The third-order valence-corrected chi connectivity index (χ3v) is 5.38. The van der Waals surface area contributed by atoms with Crippen LogP contribution in [0.3, 0.4) is 0 Å². The summed E-state index contributed by atoms with van der Waals surface area (Å²) in [5.41, 5.74) is 2.94. The zero-order valence-corrected chi connectivity index (χ0v) is 15.6. The molecular weight excluding hydrogens is 354 g/mol. The summed E-state index contributed by atoms with van der Waals surface area (Å²) in [6.07, 6.45) is 8.56. The summed E-state index contributed by atoms with van der Waals surface area (Å²) < 4.78 is 3.93. The summed E-state index contributed by atoms with van der Waals surface area (Å²) in [5, 5.41) is 12.4. The Morgan fingerprint density at radius 1 is 1.32 bits per heavy atom. The molecule has 1 atom stereocenters. The lowest BCUT2D eigenvalue weighted by molar-refractivity contribution is -0.121. The van der Waals surface area contributed by atoms with Crippen LogP contribution >= 0.6 is 0 Å². The van der Waals surface area contributed by atoms with Crippen LogP contribution in [0.5, 0.6) is 0 Å². The number of carbonyl (C=O) groups excluding carboxylic acids is 1. The van der Waals surface area contributed by atoms with Gasteiger partial charge in [-0.3, -0.25) is 9.20 Å². The molecule has 0 bridgehead atoms. The molecule has 1 fully saturated rings. The monoisotopic (exact) mass is 375 g/mol. The molecule has 0 saturated carbocycles. The molecular formula is C20H21N7O. The molecule has 3 aromatic heterocycles. The molecule has 1 unspecified atom stereocenters. The minimum absolute atomic E-state index is 0.0526. The highest BCUT2D eigenvalue weighted by Crippen LogP contribution is 2.23. The summed E-state index contributed by atoms with van der Waals surface area (Å²) in [5.74, 6) is 0.864. The average molecular weight is 375 g/mol. The van der Waals surface area contributed by atoms with E-state index in [9.17, 15) is 4.79 Å². The Bertz CT molecular complexity index is 1160. The predicted octanol–water partition coefficient (Wildman–Crippen LogP) is 1.55. The standard InChI is InChI=1S/C20H21N7O/c1-25-11-14(16-4-2-3-5-17(16)25)10-18(28)23-15-6-8-26(12-15)19-20-24-22-13-27(20)9-7-21-19/h2-5,7,9,11,13,15H,6,8,10,12H2,1H3,(H,23,28). The van der Waals surface area contributed by atoms with Gasteiger partial charge < -0.3 is 14.8 Å². The lowest BCUT2D eigenvalue weighted by atomic mass is 10.1. The van der Waals surface area contributed by atoms with Crippen LogP contribution in [0, 0.1) is 0 Å². The summed E-state index contributed by atoms with van der Waals surface area (Å²) >= 11 is 0. The maximum absolute atomic E-state index is 12.7. The van der Waals surface area contributed by atoms with Gasteiger partial charge in [0.2, 0.25) is 11.6 Å². The zero-order chi connectivity index (χ0) is 19.1. The topological polar surface area (TPSA) is 80.4 Å². The van der Waals surface area contributed by atoms with E-state index in [1.807, 2.05) is 36.0 Å². The van der Waals surface area contributed by atoms with E-state index < -0.39 is 0 Å². The quantitative estimate of drug-likeness (QED) is 0.585. The van der Waals surface area contributed by atoms with Crippen molar-refractivity contribution in [2.75, 3.05) is 18.0 Å². The first-order chi connectivity index (χ1) is 13.7. The Labute approximate surface area is 161 Å². The third kappa shape index (κ3) is 2.87. The van der Waals surface area contributed by atoms with Crippen molar-refractivity contribution in [3.63, 3.8) is 0 Å². The summed E-state index contributed by atoms with van der Waals surface area (Å²) in [6, 6.07) is 8.27. The molecule has 0 aliphatic carbocycles. The maximum Gasteiger partial charge on any atom is 0.224 e. The van der Waals surface area contributed by atoms with Gasteiger partial charge in [-0.05, 0) is 18.1 Å². The summed E-state index contributed by atoms with van der Waals surface area (Å²) in [4.78, 5) is 19.3.